The lowest BCUT2D eigenvalue weighted by Crippen LogP contribution is -2.59. The van der Waals surface area contributed by atoms with Gasteiger partial charge in [0.2, 0.25) is 5.91 Å². The number of amides is 2. The number of hydrogen-bond donors (Lipinski definition) is 1. The van der Waals surface area contributed by atoms with Crippen molar-refractivity contribution in [3.63, 3.8) is 0 Å². The van der Waals surface area contributed by atoms with E-state index in [-0.39, 0.29) is 37.4 Å². The Bertz CT molecular complexity index is 782. The van der Waals surface area contributed by atoms with Crippen molar-refractivity contribution in [2.45, 2.75) is 38.8 Å². The minimum Gasteiger partial charge on any atom is -0.465 e. The number of halogens is 2. The molecule has 0 radical (unpaired) electrons. The summed E-state index contributed by atoms with van der Waals surface area (Å²) in [6.45, 7) is 4.77. The van der Waals surface area contributed by atoms with E-state index in [1.54, 1.807) is 32.9 Å². The second-order valence-corrected chi connectivity index (χ2v) is 7.88. The van der Waals surface area contributed by atoms with Crippen molar-refractivity contribution in [3.05, 3.63) is 29.8 Å². The highest BCUT2D eigenvalue weighted by atomic mass is 19.3. The van der Waals surface area contributed by atoms with Crippen LogP contribution in [0.4, 0.5) is 19.3 Å². The molecular formula is C20H27F2N3O5. The van der Waals surface area contributed by atoms with Gasteiger partial charge in [-0.2, -0.15) is 0 Å². The smallest absolute Gasteiger partial charge is 0.410 e. The van der Waals surface area contributed by atoms with Crippen molar-refractivity contribution in [1.29, 1.82) is 0 Å². The molecule has 1 unspecified atom stereocenters. The van der Waals surface area contributed by atoms with Crippen LogP contribution in [0.5, 0.6) is 0 Å². The van der Waals surface area contributed by atoms with Crippen LogP contribution in [0.15, 0.2) is 24.3 Å². The molecule has 1 aliphatic heterocycles. The average molecular weight is 427 g/mol. The number of nitrogens with one attached hydrogen (secondary N) is 1. The zero-order valence-corrected chi connectivity index (χ0v) is 17.5. The van der Waals surface area contributed by atoms with Gasteiger partial charge in [-0.25, -0.2) is 18.4 Å². The van der Waals surface area contributed by atoms with Gasteiger partial charge >= 0.3 is 12.1 Å². The number of para-hydroxylation sites is 1. The Morgan fingerprint density at radius 1 is 1.20 bits per heavy atom. The monoisotopic (exact) mass is 427 g/mol. The second-order valence-electron chi connectivity index (χ2n) is 7.88. The predicted molar refractivity (Wildman–Crippen MR) is 106 cm³/mol. The first kappa shape index (κ1) is 23.5. The Balaban J connectivity index is 2.03. The summed E-state index contributed by atoms with van der Waals surface area (Å²) in [5.41, 5.74) is -0.342. The number of carbonyl (C=O) groups excluding carboxylic acids is 3. The lowest BCUT2D eigenvalue weighted by atomic mass is 10.1. The van der Waals surface area contributed by atoms with Crippen LogP contribution in [-0.4, -0.2) is 79.1 Å². The number of anilines is 1. The quantitative estimate of drug-likeness (QED) is 0.727. The number of carbonyl (C=O) groups is 3. The molecule has 2 rings (SSSR count). The van der Waals surface area contributed by atoms with E-state index in [0.29, 0.717) is 0 Å². The van der Waals surface area contributed by atoms with Gasteiger partial charge in [-0.05, 0) is 32.9 Å². The molecule has 10 heteroatoms. The van der Waals surface area contributed by atoms with Gasteiger partial charge in [0.1, 0.15) is 5.60 Å². The maximum Gasteiger partial charge on any atom is 0.410 e. The molecule has 1 N–H and O–H groups in total. The third-order valence-corrected chi connectivity index (χ3v) is 4.43. The topological polar surface area (TPSA) is 88.2 Å². The van der Waals surface area contributed by atoms with Crippen LogP contribution in [0.1, 0.15) is 31.1 Å². The minimum absolute atomic E-state index is 0.0836. The Morgan fingerprint density at radius 3 is 2.47 bits per heavy atom. The van der Waals surface area contributed by atoms with Gasteiger partial charge in [0.15, 0.2) is 0 Å². The molecule has 8 nitrogen and oxygen atoms in total. The van der Waals surface area contributed by atoms with E-state index in [9.17, 15) is 23.2 Å². The van der Waals surface area contributed by atoms with E-state index in [1.807, 2.05) is 0 Å². The first-order chi connectivity index (χ1) is 14.0. The van der Waals surface area contributed by atoms with Gasteiger partial charge in [0.25, 0.3) is 6.43 Å². The summed E-state index contributed by atoms with van der Waals surface area (Å²) in [4.78, 5) is 39.0. The molecule has 1 aromatic carbocycles. The highest BCUT2D eigenvalue weighted by molar-refractivity contribution is 6.01. The molecule has 0 saturated carbocycles. The Kier molecular flexibility index (Phi) is 7.71. The van der Waals surface area contributed by atoms with E-state index in [0.717, 1.165) is 0 Å². The molecule has 166 valence electrons. The van der Waals surface area contributed by atoms with Crippen molar-refractivity contribution in [3.8, 4) is 0 Å². The average Bonchev–Trinajstić information content (AvgIpc) is 2.66. The van der Waals surface area contributed by atoms with Crippen molar-refractivity contribution in [2.75, 3.05) is 38.6 Å². The molecule has 0 bridgehead atoms. The van der Waals surface area contributed by atoms with Crippen molar-refractivity contribution in [2.24, 2.45) is 0 Å². The predicted octanol–water partition coefficient (Wildman–Crippen LogP) is 2.60. The van der Waals surface area contributed by atoms with Crippen LogP contribution >= 0.6 is 0 Å². The van der Waals surface area contributed by atoms with Crippen molar-refractivity contribution < 1.29 is 32.6 Å². The molecule has 1 aromatic rings. The van der Waals surface area contributed by atoms with Gasteiger partial charge in [-0.15, -0.1) is 0 Å². The van der Waals surface area contributed by atoms with Crippen LogP contribution in [0.2, 0.25) is 0 Å². The number of piperazine rings is 1. The summed E-state index contributed by atoms with van der Waals surface area (Å²) in [6.07, 6.45) is -3.42. The molecule has 2 amide bonds. The Morgan fingerprint density at radius 2 is 1.87 bits per heavy atom. The van der Waals surface area contributed by atoms with Crippen LogP contribution in [0.25, 0.3) is 0 Å². The summed E-state index contributed by atoms with van der Waals surface area (Å²) in [6, 6.07) is 4.94. The summed E-state index contributed by atoms with van der Waals surface area (Å²) in [7, 11) is 1.22. The Hall–Kier alpha value is -2.75. The molecule has 1 fully saturated rings. The fraction of sp³-hybridized carbons (Fsp3) is 0.550. The molecule has 1 atom stereocenters. The van der Waals surface area contributed by atoms with Gasteiger partial charge in [-0.1, -0.05) is 12.1 Å². The third kappa shape index (κ3) is 6.38. The normalized spacial score (nSPS) is 17.6. The zero-order chi connectivity index (χ0) is 22.5. The SMILES string of the molecule is COC(=O)c1ccccc1NC(=O)CN1CCN(C(=O)OC(C)(C)C)CC1C(F)F. The summed E-state index contributed by atoms with van der Waals surface area (Å²) in [5, 5.41) is 2.57. The van der Waals surface area contributed by atoms with Crippen LogP contribution in [-0.2, 0) is 14.3 Å². The first-order valence-electron chi connectivity index (χ1n) is 9.49. The highest BCUT2D eigenvalue weighted by Crippen LogP contribution is 2.20. The number of esters is 1. The lowest BCUT2D eigenvalue weighted by molar-refractivity contribution is -0.120. The van der Waals surface area contributed by atoms with Crippen molar-refractivity contribution in [1.82, 2.24) is 9.80 Å². The number of rotatable bonds is 5. The molecule has 1 heterocycles. The second kappa shape index (κ2) is 9.84. The van der Waals surface area contributed by atoms with Crippen molar-refractivity contribution >= 4 is 23.7 Å². The molecule has 1 aliphatic rings. The van der Waals surface area contributed by atoms with Crippen LogP contribution < -0.4 is 5.32 Å². The standard InChI is InChI=1S/C20H27F2N3O5/c1-20(2,3)30-19(28)25-10-9-24(15(11-25)17(21)22)12-16(26)23-14-8-6-5-7-13(14)18(27)29-4/h5-8,15,17H,9-12H2,1-4H3,(H,23,26). The van der Waals surface area contributed by atoms with E-state index in [4.69, 9.17) is 4.74 Å². The zero-order valence-electron chi connectivity index (χ0n) is 17.5. The fourth-order valence-electron chi connectivity index (χ4n) is 3.03. The van der Waals surface area contributed by atoms with Gasteiger partial charge in [-0.3, -0.25) is 9.69 Å². The maximum absolute atomic E-state index is 13.6. The number of alkyl halides is 2. The summed E-state index contributed by atoms with van der Waals surface area (Å²) in [5.74, 6) is -1.18. The summed E-state index contributed by atoms with van der Waals surface area (Å²) < 4.78 is 37.2. The largest absolute Gasteiger partial charge is 0.465 e. The lowest BCUT2D eigenvalue weighted by Gasteiger charge is -2.40. The fourth-order valence-corrected chi connectivity index (χ4v) is 3.03. The summed E-state index contributed by atoms with van der Waals surface area (Å²) >= 11 is 0. The maximum atomic E-state index is 13.6. The number of benzene rings is 1. The molecule has 30 heavy (non-hydrogen) atoms. The number of nitrogens with zero attached hydrogens (tertiary/aromatic N) is 2. The molecular weight excluding hydrogens is 400 g/mol. The van der Waals surface area contributed by atoms with E-state index < -0.39 is 36.0 Å². The molecule has 1 saturated heterocycles. The van der Waals surface area contributed by atoms with Crippen LogP contribution in [0.3, 0.4) is 0 Å². The highest BCUT2D eigenvalue weighted by Gasteiger charge is 2.37. The molecule has 0 spiro atoms. The van der Waals surface area contributed by atoms with Gasteiger partial charge in [0.05, 0.1) is 30.9 Å². The third-order valence-electron chi connectivity index (χ3n) is 4.43. The number of ether oxygens (including phenoxy) is 2. The number of methoxy groups -OCH3 is 1. The Labute approximate surface area is 174 Å². The van der Waals surface area contributed by atoms with E-state index >= 15 is 0 Å². The van der Waals surface area contributed by atoms with Crippen LogP contribution in [0, 0.1) is 0 Å². The van der Waals surface area contributed by atoms with Gasteiger partial charge in [0, 0.05) is 19.6 Å². The molecule has 0 aromatic heterocycles. The molecule has 0 aliphatic carbocycles. The first-order valence-corrected chi connectivity index (χ1v) is 9.49. The minimum atomic E-state index is -2.76. The van der Waals surface area contributed by atoms with E-state index in [1.165, 1.54) is 29.0 Å². The van der Waals surface area contributed by atoms with E-state index in [2.05, 4.69) is 10.1 Å². The van der Waals surface area contributed by atoms with Gasteiger partial charge < -0.3 is 19.7 Å². The number of hydrogen-bond acceptors (Lipinski definition) is 6.